The summed E-state index contributed by atoms with van der Waals surface area (Å²) in [6, 6.07) is 8.94. The van der Waals surface area contributed by atoms with E-state index >= 15 is 0 Å². The van der Waals surface area contributed by atoms with Crippen LogP contribution in [0.3, 0.4) is 0 Å². The van der Waals surface area contributed by atoms with Crippen molar-refractivity contribution in [2.24, 2.45) is 11.7 Å². The average molecular weight is 345 g/mol. The molecule has 0 radical (unpaired) electrons. The third-order valence-electron chi connectivity index (χ3n) is 3.06. The molecule has 3 amide bonds. The lowest BCUT2D eigenvalue weighted by Crippen LogP contribution is -2.42. The molecule has 1 aromatic carbocycles. The van der Waals surface area contributed by atoms with Gasteiger partial charge in [0.25, 0.3) is 0 Å². The van der Waals surface area contributed by atoms with Crippen molar-refractivity contribution >= 4 is 35.9 Å². The molecule has 0 fully saturated rings. The molecule has 1 unspecified atom stereocenters. The van der Waals surface area contributed by atoms with Crippen molar-refractivity contribution in [1.82, 2.24) is 20.5 Å². The number of primary amides is 1. The number of carbonyl (C=O) groups is 2. The Morgan fingerprint density at radius 1 is 1.25 bits per heavy atom. The summed E-state index contributed by atoms with van der Waals surface area (Å²) in [5.74, 6) is 0.115. The Kier molecular flexibility index (Phi) is 6.14. The molecule has 8 heteroatoms. The molecule has 24 heavy (non-hydrogen) atoms. The Bertz CT molecular complexity index is 727. The number of benzene rings is 1. The van der Waals surface area contributed by atoms with Crippen LogP contribution in [0.1, 0.15) is 25.2 Å². The standard InChI is InChI=1S/C16H19N5O2S/c1-10(2)13(14(22)19-15(17)23)24-16-18-12(20-21-16)9-8-11-6-4-3-5-7-11/h3-10,13H,1-2H3,(H,18,20,21)(H3,17,19,22,23)/b9-8+. The Morgan fingerprint density at radius 2 is 1.96 bits per heavy atom. The van der Waals surface area contributed by atoms with Gasteiger partial charge in [0, 0.05) is 0 Å². The summed E-state index contributed by atoms with van der Waals surface area (Å²) in [5, 5.41) is 8.91. The molecular weight excluding hydrogens is 326 g/mol. The van der Waals surface area contributed by atoms with Crippen LogP contribution in [-0.4, -0.2) is 32.4 Å². The lowest BCUT2D eigenvalue weighted by molar-refractivity contribution is -0.120. The minimum atomic E-state index is -0.868. The number of aromatic nitrogens is 3. The van der Waals surface area contributed by atoms with Crippen LogP contribution < -0.4 is 11.1 Å². The molecule has 0 saturated heterocycles. The fourth-order valence-corrected chi connectivity index (χ4v) is 2.84. The van der Waals surface area contributed by atoms with E-state index < -0.39 is 17.2 Å². The van der Waals surface area contributed by atoms with Gasteiger partial charge in [-0.1, -0.05) is 62.0 Å². The maximum atomic E-state index is 12.0. The minimum absolute atomic E-state index is 0.0174. The first-order chi connectivity index (χ1) is 11.5. The Hall–Kier alpha value is -2.61. The molecule has 0 aliphatic carbocycles. The number of nitrogens with two attached hydrogens (primary N) is 1. The van der Waals surface area contributed by atoms with E-state index in [1.165, 1.54) is 11.8 Å². The molecule has 126 valence electrons. The second-order valence-electron chi connectivity index (χ2n) is 5.38. The van der Waals surface area contributed by atoms with Gasteiger partial charge >= 0.3 is 6.03 Å². The van der Waals surface area contributed by atoms with Crippen molar-refractivity contribution < 1.29 is 9.59 Å². The summed E-state index contributed by atoms with van der Waals surface area (Å²) in [6.07, 6.45) is 3.72. The van der Waals surface area contributed by atoms with E-state index in [-0.39, 0.29) is 5.92 Å². The number of H-pyrrole nitrogens is 1. The highest BCUT2D eigenvalue weighted by Crippen LogP contribution is 2.25. The number of hydrogen-bond acceptors (Lipinski definition) is 5. The van der Waals surface area contributed by atoms with Crippen molar-refractivity contribution in [2.75, 3.05) is 0 Å². The number of nitrogens with zero attached hydrogens (tertiary/aromatic N) is 2. The van der Waals surface area contributed by atoms with Gasteiger partial charge in [-0.2, -0.15) is 0 Å². The van der Waals surface area contributed by atoms with E-state index in [9.17, 15) is 9.59 Å². The van der Waals surface area contributed by atoms with Crippen LogP contribution in [-0.2, 0) is 4.79 Å². The predicted molar refractivity (Wildman–Crippen MR) is 94.0 cm³/mol. The largest absolute Gasteiger partial charge is 0.351 e. The van der Waals surface area contributed by atoms with E-state index in [1.54, 1.807) is 6.08 Å². The average Bonchev–Trinajstić information content (AvgIpc) is 2.98. The van der Waals surface area contributed by atoms with E-state index in [0.29, 0.717) is 11.0 Å². The quantitative estimate of drug-likeness (QED) is 0.695. The fraction of sp³-hybridized carbons (Fsp3) is 0.250. The number of nitrogens with one attached hydrogen (secondary N) is 2. The second kappa shape index (κ2) is 8.30. The summed E-state index contributed by atoms with van der Waals surface area (Å²) in [7, 11) is 0. The van der Waals surface area contributed by atoms with Crippen LogP contribution in [0, 0.1) is 5.92 Å². The third kappa shape index (κ3) is 5.24. The third-order valence-corrected chi connectivity index (χ3v) is 4.46. The molecule has 2 rings (SSSR count). The molecule has 1 aromatic heterocycles. The number of imide groups is 1. The van der Waals surface area contributed by atoms with Gasteiger partial charge in [0.05, 0.1) is 5.25 Å². The number of amides is 3. The maximum Gasteiger partial charge on any atom is 0.318 e. The first-order valence-corrected chi connectivity index (χ1v) is 8.26. The van der Waals surface area contributed by atoms with Gasteiger partial charge in [0.1, 0.15) is 5.82 Å². The smallest absolute Gasteiger partial charge is 0.318 e. The van der Waals surface area contributed by atoms with E-state index in [1.807, 2.05) is 50.3 Å². The number of rotatable bonds is 6. The van der Waals surface area contributed by atoms with Crippen LogP contribution in [0.2, 0.25) is 0 Å². The lowest BCUT2D eigenvalue weighted by atomic mass is 10.1. The van der Waals surface area contributed by atoms with Gasteiger partial charge in [0.2, 0.25) is 11.1 Å². The topological polar surface area (TPSA) is 114 Å². The highest BCUT2D eigenvalue weighted by molar-refractivity contribution is 8.00. The molecule has 0 saturated carbocycles. The summed E-state index contributed by atoms with van der Waals surface area (Å²) in [4.78, 5) is 27.2. The van der Waals surface area contributed by atoms with Gasteiger partial charge in [-0.3, -0.25) is 15.2 Å². The predicted octanol–water partition coefficient (Wildman–Crippen LogP) is 2.29. The Balaban J connectivity index is 2.04. The first kappa shape index (κ1) is 17.7. The zero-order valence-corrected chi connectivity index (χ0v) is 14.2. The number of hydrogen-bond donors (Lipinski definition) is 3. The Morgan fingerprint density at radius 3 is 2.58 bits per heavy atom. The van der Waals surface area contributed by atoms with Crippen LogP contribution >= 0.6 is 11.8 Å². The van der Waals surface area contributed by atoms with Crippen molar-refractivity contribution in [2.45, 2.75) is 24.3 Å². The zero-order chi connectivity index (χ0) is 17.5. The summed E-state index contributed by atoms with van der Waals surface area (Å²) < 4.78 is 0. The van der Waals surface area contributed by atoms with E-state index in [4.69, 9.17) is 5.73 Å². The molecule has 0 aliphatic heterocycles. The number of carbonyl (C=O) groups excluding carboxylic acids is 2. The molecule has 0 spiro atoms. The van der Waals surface area contributed by atoms with Crippen molar-refractivity contribution in [3.8, 4) is 0 Å². The lowest BCUT2D eigenvalue weighted by Gasteiger charge is -2.16. The first-order valence-electron chi connectivity index (χ1n) is 7.38. The zero-order valence-electron chi connectivity index (χ0n) is 13.4. The van der Waals surface area contributed by atoms with Crippen LogP contribution in [0.25, 0.3) is 12.2 Å². The van der Waals surface area contributed by atoms with Gasteiger partial charge in [-0.05, 0) is 17.6 Å². The van der Waals surface area contributed by atoms with Gasteiger partial charge < -0.3 is 5.73 Å². The van der Waals surface area contributed by atoms with Gasteiger partial charge in [-0.15, -0.1) is 5.10 Å². The highest BCUT2D eigenvalue weighted by Gasteiger charge is 2.26. The van der Waals surface area contributed by atoms with E-state index in [2.05, 4.69) is 20.5 Å². The maximum absolute atomic E-state index is 12.0. The SMILES string of the molecule is CC(C)C(Sc1n[nH]c(/C=C/c2ccccc2)n1)C(=O)NC(N)=O. The molecule has 1 heterocycles. The molecule has 4 N–H and O–H groups in total. The normalized spacial score (nSPS) is 12.5. The van der Waals surface area contributed by atoms with Crippen LogP contribution in [0.5, 0.6) is 0 Å². The second-order valence-corrected chi connectivity index (χ2v) is 6.49. The molecule has 7 nitrogen and oxygen atoms in total. The summed E-state index contributed by atoms with van der Waals surface area (Å²) >= 11 is 1.18. The highest BCUT2D eigenvalue weighted by atomic mass is 32.2. The van der Waals surface area contributed by atoms with Gasteiger partial charge in [-0.25, -0.2) is 9.78 Å². The number of urea groups is 1. The summed E-state index contributed by atoms with van der Waals surface area (Å²) in [6.45, 7) is 3.75. The van der Waals surface area contributed by atoms with Gasteiger partial charge in [0.15, 0.2) is 0 Å². The Labute approximate surface area is 144 Å². The molecule has 2 aromatic rings. The monoisotopic (exact) mass is 345 g/mol. The summed E-state index contributed by atoms with van der Waals surface area (Å²) in [5.41, 5.74) is 6.04. The molecule has 1 atom stereocenters. The fourth-order valence-electron chi connectivity index (χ4n) is 1.92. The molecule has 0 aliphatic rings. The van der Waals surface area contributed by atoms with E-state index in [0.717, 1.165) is 5.56 Å². The molecule has 0 bridgehead atoms. The van der Waals surface area contributed by atoms with Crippen molar-refractivity contribution in [1.29, 1.82) is 0 Å². The van der Waals surface area contributed by atoms with Crippen LogP contribution in [0.15, 0.2) is 35.5 Å². The van der Waals surface area contributed by atoms with Crippen LogP contribution in [0.4, 0.5) is 4.79 Å². The molecular formula is C16H19N5O2S. The van der Waals surface area contributed by atoms with Crippen molar-refractivity contribution in [3.05, 3.63) is 41.7 Å². The number of thioether (sulfide) groups is 1. The van der Waals surface area contributed by atoms with Crippen molar-refractivity contribution in [3.63, 3.8) is 0 Å². The number of aromatic amines is 1. The minimum Gasteiger partial charge on any atom is -0.351 e.